The minimum absolute atomic E-state index is 0.00529. The molecule has 2 aromatic carbocycles. The van der Waals surface area contributed by atoms with Crippen LogP contribution in [0.2, 0.25) is 0 Å². The third kappa shape index (κ3) is 5.48. The Bertz CT molecular complexity index is 1110. The molecule has 1 heterocycles. The van der Waals surface area contributed by atoms with Gasteiger partial charge < -0.3 is 14.2 Å². The zero-order valence-electron chi connectivity index (χ0n) is 18.6. The summed E-state index contributed by atoms with van der Waals surface area (Å²) in [7, 11) is 0. The number of benzene rings is 2. The van der Waals surface area contributed by atoms with Crippen molar-refractivity contribution in [1.82, 2.24) is 15.0 Å². The first-order valence-electron chi connectivity index (χ1n) is 10.4. The lowest BCUT2D eigenvalue weighted by Crippen LogP contribution is -2.40. The van der Waals surface area contributed by atoms with Crippen molar-refractivity contribution in [3.63, 3.8) is 0 Å². The SMILES string of the molecule is CC[C@H](C)N(Cc1nc(-c2cccc(C)c2)no1)C(=O)COc1ccc([N+](=O)[O-])c(C)c1. The monoisotopic (exact) mass is 438 g/mol. The van der Waals surface area contributed by atoms with E-state index < -0.39 is 4.92 Å². The van der Waals surface area contributed by atoms with E-state index in [0.29, 0.717) is 23.0 Å². The molecule has 9 heteroatoms. The molecule has 0 fully saturated rings. The molecule has 0 spiro atoms. The Morgan fingerprint density at radius 1 is 1.25 bits per heavy atom. The van der Waals surface area contributed by atoms with Gasteiger partial charge in [-0.3, -0.25) is 14.9 Å². The van der Waals surface area contributed by atoms with Crippen LogP contribution in [0.25, 0.3) is 11.4 Å². The van der Waals surface area contributed by atoms with Crippen LogP contribution >= 0.6 is 0 Å². The molecule has 0 aliphatic heterocycles. The van der Waals surface area contributed by atoms with Gasteiger partial charge in [-0.15, -0.1) is 0 Å². The molecule has 0 radical (unpaired) electrons. The largest absolute Gasteiger partial charge is 0.484 e. The Balaban J connectivity index is 1.69. The molecule has 3 rings (SSSR count). The maximum Gasteiger partial charge on any atom is 0.272 e. The summed E-state index contributed by atoms with van der Waals surface area (Å²) in [5.41, 5.74) is 2.40. The summed E-state index contributed by atoms with van der Waals surface area (Å²) in [6.07, 6.45) is 0.737. The first-order chi connectivity index (χ1) is 15.3. The molecule has 1 atom stereocenters. The molecule has 32 heavy (non-hydrogen) atoms. The Kier molecular flexibility index (Phi) is 7.19. The van der Waals surface area contributed by atoms with Gasteiger partial charge in [0.25, 0.3) is 11.6 Å². The predicted molar refractivity (Wildman–Crippen MR) is 118 cm³/mol. The lowest BCUT2D eigenvalue weighted by Gasteiger charge is -2.27. The maximum atomic E-state index is 12.9. The number of aromatic nitrogens is 2. The fourth-order valence-electron chi connectivity index (χ4n) is 3.23. The summed E-state index contributed by atoms with van der Waals surface area (Å²) in [6, 6.07) is 12.1. The molecule has 0 N–H and O–H groups in total. The molecular weight excluding hydrogens is 412 g/mol. The van der Waals surface area contributed by atoms with Crippen molar-refractivity contribution in [2.24, 2.45) is 0 Å². The van der Waals surface area contributed by atoms with Crippen LogP contribution in [0.3, 0.4) is 0 Å². The lowest BCUT2D eigenvalue weighted by atomic mass is 10.1. The number of aryl methyl sites for hydroxylation is 2. The molecule has 1 aromatic heterocycles. The highest BCUT2D eigenvalue weighted by atomic mass is 16.6. The zero-order chi connectivity index (χ0) is 23.3. The molecule has 168 valence electrons. The van der Waals surface area contributed by atoms with Crippen LogP contribution in [-0.4, -0.2) is 38.5 Å². The molecule has 0 saturated heterocycles. The van der Waals surface area contributed by atoms with Gasteiger partial charge >= 0.3 is 0 Å². The topological polar surface area (TPSA) is 112 Å². The third-order valence-corrected chi connectivity index (χ3v) is 5.22. The number of amides is 1. The fraction of sp³-hybridized carbons (Fsp3) is 0.348. The number of hydrogen-bond acceptors (Lipinski definition) is 7. The average molecular weight is 438 g/mol. The van der Waals surface area contributed by atoms with Gasteiger partial charge in [-0.2, -0.15) is 4.98 Å². The van der Waals surface area contributed by atoms with E-state index in [-0.39, 0.29) is 30.8 Å². The van der Waals surface area contributed by atoms with Crippen LogP contribution in [0.4, 0.5) is 5.69 Å². The van der Waals surface area contributed by atoms with Crippen molar-refractivity contribution < 1.29 is 19.0 Å². The minimum atomic E-state index is -0.454. The van der Waals surface area contributed by atoms with Crippen molar-refractivity contribution >= 4 is 11.6 Å². The molecule has 3 aromatic rings. The second-order valence-electron chi connectivity index (χ2n) is 7.65. The summed E-state index contributed by atoms with van der Waals surface area (Å²) in [6.45, 7) is 7.49. The summed E-state index contributed by atoms with van der Waals surface area (Å²) in [4.78, 5) is 29.5. The number of carbonyl (C=O) groups excluding carboxylic acids is 1. The van der Waals surface area contributed by atoms with Crippen molar-refractivity contribution in [2.75, 3.05) is 6.61 Å². The summed E-state index contributed by atoms with van der Waals surface area (Å²) in [5.74, 6) is 0.954. The summed E-state index contributed by atoms with van der Waals surface area (Å²) in [5, 5.41) is 15.0. The number of carbonyl (C=O) groups is 1. The molecule has 1 amide bonds. The van der Waals surface area contributed by atoms with Gasteiger partial charge in [-0.05, 0) is 45.4 Å². The third-order valence-electron chi connectivity index (χ3n) is 5.22. The first-order valence-corrected chi connectivity index (χ1v) is 10.4. The predicted octanol–water partition coefficient (Wildman–Crippen LogP) is 4.47. The van der Waals surface area contributed by atoms with Gasteiger partial charge in [-0.25, -0.2) is 0 Å². The standard InChI is InChI=1S/C23H26N4O5/c1-5-17(4)26(13-21-24-23(25-32-21)18-8-6-7-15(2)11-18)22(28)14-31-19-9-10-20(27(29)30)16(3)12-19/h6-12,17H,5,13-14H2,1-4H3/t17-/m0/s1. The van der Waals surface area contributed by atoms with E-state index in [0.717, 1.165) is 17.5 Å². The van der Waals surface area contributed by atoms with Crippen LogP contribution in [-0.2, 0) is 11.3 Å². The van der Waals surface area contributed by atoms with Crippen LogP contribution in [0.5, 0.6) is 5.75 Å². The van der Waals surface area contributed by atoms with E-state index >= 15 is 0 Å². The second-order valence-corrected chi connectivity index (χ2v) is 7.65. The van der Waals surface area contributed by atoms with Crippen molar-refractivity contribution in [1.29, 1.82) is 0 Å². The Labute approximate surface area is 186 Å². The van der Waals surface area contributed by atoms with Gasteiger partial charge in [0, 0.05) is 23.2 Å². The summed E-state index contributed by atoms with van der Waals surface area (Å²) >= 11 is 0. The number of rotatable bonds is 9. The fourth-order valence-corrected chi connectivity index (χ4v) is 3.23. The molecule has 9 nitrogen and oxygen atoms in total. The highest BCUT2D eigenvalue weighted by Gasteiger charge is 2.23. The zero-order valence-corrected chi connectivity index (χ0v) is 18.6. The minimum Gasteiger partial charge on any atom is -0.484 e. The van der Waals surface area contributed by atoms with Crippen molar-refractivity contribution in [2.45, 2.75) is 46.7 Å². The van der Waals surface area contributed by atoms with Crippen LogP contribution in [0.15, 0.2) is 47.0 Å². The Morgan fingerprint density at radius 3 is 2.69 bits per heavy atom. The van der Waals surface area contributed by atoms with Gasteiger partial charge in [0.05, 0.1) is 4.92 Å². The molecule has 0 aliphatic carbocycles. The van der Waals surface area contributed by atoms with Gasteiger partial charge in [-0.1, -0.05) is 35.8 Å². The van der Waals surface area contributed by atoms with E-state index in [1.165, 1.54) is 12.1 Å². The Hall–Kier alpha value is -3.75. The normalized spacial score (nSPS) is 11.8. The van der Waals surface area contributed by atoms with Crippen molar-refractivity contribution in [3.8, 4) is 17.1 Å². The van der Waals surface area contributed by atoms with Gasteiger partial charge in [0.15, 0.2) is 6.61 Å². The van der Waals surface area contributed by atoms with E-state index in [9.17, 15) is 14.9 Å². The lowest BCUT2D eigenvalue weighted by molar-refractivity contribution is -0.385. The molecular formula is C23H26N4O5. The van der Waals surface area contributed by atoms with Crippen LogP contribution in [0, 0.1) is 24.0 Å². The van der Waals surface area contributed by atoms with Crippen LogP contribution < -0.4 is 4.74 Å². The second kappa shape index (κ2) is 10.0. The molecule has 0 bridgehead atoms. The van der Waals surface area contributed by atoms with E-state index in [4.69, 9.17) is 9.26 Å². The number of nitro groups is 1. The van der Waals surface area contributed by atoms with E-state index in [1.807, 2.05) is 45.0 Å². The van der Waals surface area contributed by atoms with E-state index in [1.54, 1.807) is 17.9 Å². The number of ether oxygens (including phenoxy) is 1. The summed E-state index contributed by atoms with van der Waals surface area (Å²) < 4.78 is 11.0. The smallest absolute Gasteiger partial charge is 0.272 e. The molecule has 0 saturated carbocycles. The Morgan fingerprint density at radius 2 is 2.03 bits per heavy atom. The highest BCUT2D eigenvalue weighted by Crippen LogP contribution is 2.23. The average Bonchev–Trinajstić information content (AvgIpc) is 3.24. The highest BCUT2D eigenvalue weighted by molar-refractivity contribution is 5.78. The number of nitrogens with zero attached hydrogens (tertiary/aromatic N) is 4. The van der Waals surface area contributed by atoms with Gasteiger partial charge in [0.1, 0.15) is 12.3 Å². The number of nitro benzene ring substituents is 1. The number of hydrogen-bond donors (Lipinski definition) is 0. The van der Waals surface area contributed by atoms with Crippen molar-refractivity contribution in [3.05, 3.63) is 69.6 Å². The van der Waals surface area contributed by atoms with Crippen LogP contribution in [0.1, 0.15) is 37.3 Å². The maximum absolute atomic E-state index is 12.9. The first kappa shape index (κ1) is 22.9. The molecule has 0 unspecified atom stereocenters. The van der Waals surface area contributed by atoms with E-state index in [2.05, 4.69) is 10.1 Å². The molecule has 0 aliphatic rings. The quantitative estimate of drug-likeness (QED) is 0.358. The van der Waals surface area contributed by atoms with Gasteiger partial charge in [0.2, 0.25) is 11.7 Å².